The first-order valence-corrected chi connectivity index (χ1v) is 6.51. The van der Waals surface area contributed by atoms with Gasteiger partial charge in [0.25, 0.3) is 0 Å². The number of hydrogen-bond donors (Lipinski definition) is 0. The van der Waals surface area contributed by atoms with Gasteiger partial charge in [-0.3, -0.25) is 4.79 Å². The molecule has 0 atom stereocenters. The Hall–Kier alpha value is -2.36. The molecule has 4 heteroatoms. The third kappa shape index (κ3) is 2.89. The molecule has 0 aliphatic heterocycles. The van der Waals surface area contributed by atoms with Crippen LogP contribution in [0.5, 0.6) is 11.5 Å². The molecule has 0 bridgehead atoms. The molecule has 0 aliphatic rings. The molecule has 0 aromatic heterocycles. The van der Waals surface area contributed by atoms with Crippen LogP contribution in [0.15, 0.2) is 30.3 Å². The van der Waals surface area contributed by atoms with Gasteiger partial charge in [-0.25, -0.2) is 4.39 Å². The van der Waals surface area contributed by atoms with Crippen LogP contribution in [0.3, 0.4) is 0 Å². The fourth-order valence-corrected chi connectivity index (χ4v) is 2.22. The van der Waals surface area contributed by atoms with E-state index in [1.54, 1.807) is 44.2 Å². The average Bonchev–Trinajstić information content (AvgIpc) is 2.50. The van der Waals surface area contributed by atoms with E-state index in [1.807, 2.05) is 0 Å². The normalized spacial score (nSPS) is 10.3. The van der Waals surface area contributed by atoms with Crippen molar-refractivity contribution in [1.82, 2.24) is 0 Å². The van der Waals surface area contributed by atoms with E-state index in [1.165, 1.54) is 14.2 Å². The quantitative estimate of drug-likeness (QED) is 0.805. The van der Waals surface area contributed by atoms with Gasteiger partial charge in [0.05, 0.1) is 14.2 Å². The van der Waals surface area contributed by atoms with Crippen molar-refractivity contribution in [2.45, 2.75) is 13.8 Å². The van der Waals surface area contributed by atoms with Crippen molar-refractivity contribution in [3.63, 3.8) is 0 Å². The van der Waals surface area contributed by atoms with Crippen LogP contribution in [-0.4, -0.2) is 20.0 Å². The van der Waals surface area contributed by atoms with Crippen LogP contribution in [0.2, 0.25) is 0 Å². The monoisotopic (exact) mass is 288 g/mol. The van der Waals surface area contributed by atoms with Crippen LogP contribution in [0.25, 0.3) is 0 Å². The second kappa shape index (κ2) is 5.95. The highest BCUT2D eigenvalue weighted by Crippen LogP contribution is 2.29. The lowest BCUT2D eigenvalue weighted by molar-refractivity contribution is 0.103. The highest BCUT2D eigenvalue weighted by Gasteiger charge is 2.15. The van der Waals surface area contributed by atoms with E-state index < -0.39 is 0 Å². The van der Waals surface area contributed by atoms with Gasteiger partial charge < -0.3 is 9.47 Å². The third-order valence-electron chi connectivity index (χ3n) is 3.34. The highest BCUT2D eigenvalue weighted by molar-refractivity contribution is 6.09. The van der Waals surface area contributed by atoms with E-state index in [-0.39, 0.29) is 11.6 Å². The number of rotatable bonds is 4. The minimum Gasteiger partial charge on any atom is -0.493 e. The van der Waals surface area contributed by atoms with Crippen molar-refractivity contribution < 1.29 is 18.7 Å². The average molecular weight is 288 g/mol. The lowest BCUT2D eigenvalue weighted by Crippen LogP contribution is -2.04. The maximum Gasteiger partial charge on any atom is 0.193 e. The lowest BCUT2D eigenvalue weighted by atomic mass is 9.98. The molecule has 0 unspecified atom stereocenters. The van der Waals surface area contributed by atoms with Crippen molar-refractivity contribution in [3.8, 4) is 11.5 Å². The molecule has 3 nitrogen and oxygen atoms in total. The molecule has 0 saturated heterocycles. The molecule has 2 aromatic rings. The van der Waals surface area contributed by atoms with E-state index in [0.29, 0.717) is 33.8 Å². The SMILES string of the molecule is COc1ccc(C(=O)c2cc(C)c(F)c(C)c2)cc1OC. The van der Waals surface area contributed by atoms with Crippen LogP contribution in [0.4, 0.5) is 4.39 Å². The van der Waals surface area contributed by atoms with Gasteiger partial charge in [0.1, 0.15) is 5.82 Å². The number of benzene rings is 2. The van der Waals surface area contributed by atoms with E-state index in [2.05, 4.69) is 0 Å². The molecule has 2 rings (SSSR count). The topological polar surface area (TPSA) is 35.5 Å². The number of carbonyl (C=O) groups excluding carboxylic acids is 1. The largest absolute Gasteiger partial charge is 0.493 e. The minimum atomic E-state index is -0.279. The summed E-state index contributed by atoms with van der Waals surface area (Å²) in [5, 5.41) is 0. The fourth-order valence-electron chi connectivity index (χ4n) is 2.22. The predicted molar refractivity (Wildman–Crippen MR) is 78.9 cm³/mol. The summed E-state index contributed by atoms with van der Waals surface area (Å²) in [6.45, 7) is 3.29. The van der Waals surface area contributed by atoms with Gasteiger partial charge in [-0.15, -0.1) is 0 Å². The zero-order chi connectivity index (χ0) is 15.6. The Balaban J connectivity index is 2.45. The van der Waals surface area contributed by atoms with E-state index in [4.69, 9.17) is 9.47 Å². The summed E-state index contributed by atoms with van der Waals surface area (Å²) < 4.78 is 24.0. The van der Waals surface area contributed by atoms with Crippen molar-refractivity contribution in [2.75, 3.05) is 14.2 Å². The van der Waals surface area contributed by atoms with Gasteiger partial charge in [-0.05, 0) is 55.3 Å². The van der Waals surface area contributed by atoms with Crippen molar-refractivity contribution in [2.24, 2.45) is 0 Å². The maximum absolute atomic E-state index is 13.6. The number of halogens is 1. The number of methoxy groups -OCH3 is 2. The summed E-state index contributed by atoms with van der Waals surface area (Å²) in [6.07, 6.45) is 0. The van der Waals surface area contributed by atoms with E-state index in [0.717, 1.165) is 0 Å². The van der Waals surface area contributed by atoms with E-state index in [9.17, 15) is 9.18 Å². The summed E-state index contributed by atoms with van der Waals surface area (Å²) in [5.41, 5.74) is 1.84. The summed E-state index contributed by atoms with van der Waals surface area (Å²) >= 11 is 0. The van der Waals surface area contributed by atoms with Gasteiger partial charge >= 0.3 is 0 Å². The molecular formula is C17H17FO3. The van der Waals surface area contributed by atoms with Crippen LogP contribution in [0.1, 0.15) is 27.0 Å². The standard InChI is InChI=1S/C17H17FO3/c1-10-7-13(8-11(2)16(10)18)17(19)12-5-6-14(20-3)15(9-12)21-4/h5-9H,1-4H3. The second-order valence-electron chi connectivity index (χ2n) is 4.82. The molecule has 0 spiro atoms. The molecule has 0 fully saturated rings. The molecule has 21 heavy (non-hydrogen) atoms. The third-order valence-corrected chi connectivity index (χ3v) is 3.34. The molecule has 110 valence electrons. The Morgan fingerprint density at radius 2 is 1.48 bits per heavy atom. The molecule has 0 radical (unpaired) electrons. The minimum absolute atomic E-state index is 0.179. The lowest BCUT2D eigenvalue weighted by Gasteiger charge is -2.10. The van der Waals surface area contributed by atoms with Gasteiger partial charge in [-0.2, -0.15) is 0 Å². The highest BCUT2D eigenvalue weighted by atomic mass is 19.1. The van der Waals surface area contributed by atoms with Gasteiger partial charge in [0, 0.05) is 11.1 Å². The summed E-state index contributed by atoms with van der Waals surface area (Å²) in [6, 6.07) is 8.07. The Kier molecular flexibility index (Phi) is 4.26. The van der Waals surface area contributed by atoms with Crippen LogP contribution >= 0.6 is 0 Å². The second-order valence-corrected chi connectivity index (χ2v) is 4.82. The molecule has 0 aliphatic carbocycles. The first kappa shape index (κ1) is 15.0. The molecule has 0 heterocycles. The van der Waals surface area contributed by atoms with Crippen LogP contribution in [0, 0.1) is 19.7 Å². The molecular weight excluding hydrogens is 271 g/mol. The van der Waals surface area contributed by atoms with Crippen molar-refractivity contribution in [3.05, 3.63) is 58.4 Å². The van der Waals surface area contributed by atoms with Crippen LogP contribution in [-0.2, 0) is 0 Å². The number of ketones is 1. The first-order chi connectivity index (χ1) is 9.97. The molecule has 0 N–H and O–H groups in total. The maximum atomic E-state index is 13.6. The predicted octanol–water partition coefficient (Wildman–Crippen LogP) is 3.69. The van der Waals surface area contributed by atoms with Crippen molar-refractivity contribution in [1.29, 1.82) is 0 Å². The van der Waals surface area contributed by atoms with Gasteiger partial charge in [-0.1, -0.05) is 0 Å². The molecule has 2 aromatic carbocycles. The zero-order valence-corrected chi connectivity index (χ0v) is 12.5. The summed E-state index contributed by atoms with van der Waals surface area (Å²) in [5.74, 6) is 0.584. The van der Waals surface area contributed by atoms with E-state index >= 15 is 0 Å². The Morgan fingerprint density at radius 1 is 0.905 bits per heavy atom. The number of carbonyl (C=O) groups is 1. The van der Waals surface area contributed by atoms with Gasteiger partial charge in [0.15, 0.2) is 17.3 Å². The van der Waals surface area contributed by atoms with Crippen molar-refractivity contribution >= 4 is 5.78 Å². The summed E-state index contributed by atoms with van der Waals surface area (Å²) in [4.78, 5) is 12.5. The summed E-state index contributed by atoms with van der Waals surface area (Å²) in [7, 11) is 3.05. The Bertz CT molecular complexity index is 669. The number of ether oxygens (including phenoxy) is 2. The first-order valence-electron chi connectivity index (χ1n) is 6.51. The zero-order valence-electron chi connectivity index (χ0n) is 12.5. The smallest absolute Gasteiger partial charge is 0.193 e. The number of aryl methyl sites for hydroxylation is 2. The Morgan fingerprint density at radius 3 is 2.00 bits per heavy atom. The Labute approximate surface area is 123 Å². The molecule has 0 amide bonds. The van der Waals surface area contributed by atoms with Crippen LogP contribution < -0.4 is 9.47 Å². The molecule has 0 saturated carbocycles. The fraction of sp³-hybridized carbons (Fsp3) is 0.235. The van der Waals surface area contributed by atoms with Gasteiger partial charge in [0.2, 0.25) is 0 Å². The number of hydrogen-bond acceptors (Lipinski definition) is 3.